The highest BCUT2D eigenvalue weighted by molar-refractivity contribution is 6.06. The average molecular weight is 499 g/mol. The van der Waals surface area contributed by atoms with Gasteiger partial charge in [-0.2, -0.15) is 4.39 Å². The normalized spacial score (nSPS) is 28.7. The number of rotatable bonds is 6. The first-order chi connectivity index (χ1) is 17.1. The number of amides is 1. The van der Waals surface area contributed by atoms with E-state index in [-0.39, 0.29) is 40.1 Å². The van der Waals surface area contributed by atoms with Crippen LogP contribution < -0.4 is 15.6 Å². The molecule has 2 aliphatic carbocycles. The van der Waals surface area contributed by atoms with Gasteiger partial charge in [-0.05, 0) is 52.2 Å². The maximum absolute atomic E-state index is 15.8. The molecule has 3 fully saturated rings. The van der Waals surface area contributed by atoms with Crippen LogP contribution in [0.3, 0.4) is 0 Å². The minimum Gasteiger partial charge on any atom is -0.487 e. The van der Waals surface area contributed by atoms with Gasteiger partial charge in [-0.15, -0.1) is 0 Å². The Kier molecular flexibility index (Phi) is 5.06. The van der Waals surface area contributed by atoms with E-state index in [0.717, 1.165) is 25.0 Å². The molecule has 0 radical (unpaired) electrons. The minimum atomic E-state index is -1.07. The van der Waals surface area contributed by atoms with Crippen molar-refractivity contribution in [3.05, 3.63) is 58.2 Å². The number of hydrogen-bond donors (Lipinski definition) is 1. The molecule has 1 saturated heterocycles. The predicted octanol–water partition coefficient (Wildman–Crippen LogP) is 4.17. The molecule has 3 aromatic heterocycles. The van der Waals surface area contributed by atoms with E-state index in [1.54, 1.807) is 26.1 Å². The number of anilines is 1. The SMILES string of the molecule is CC(C)Oc1c(C(=O)Nc2cccn([C@@H]3C[C@@H]3F)c2=O)cn2cc([C@@]34CC[C@@](C)(C3)OC4)nc2c1F. The Morgan fingerprint density at radius 3 is 2.72 bits per heavy atom. The Hall–Kier alpha value is -3.27. The maximum atomic E-state index is 15.8. The summed E-state index contributed by atoms with van der Waals surface area (Å²) < 4.78 is 43.8. The maximum Gasteiger partial charge on any atom is 0.274 e. The molecule has 190 valence electrons. The number of halogens is 2. The third-order valence-corrected chi connectivity index (χ3v) is 7.58. The summed E-state index contributed by atoms with van der Waals surface area (Å²) in [6.07, 6.45) is 6.13. The first-order valence-corrected chi connectivity index (χ1v) is 12.3. The van der Waals surface area contributed by atoms with Crippen molar-refractivity contribution in [2.24, 2.45) is 0 Å². The molecule has 3 aliphatic rings. The first kappa shape index (κ1) is 23.1. The number of ether oxygens (including phenoxy) is 2. The highest BCUT2D eigenvalue weighted by Crippen LogP contribution is 2.53. The number of imidazole rings is 1. The van der Waals surface area contributed by atoms with Crippen LogP contribution in [-0.4, -0.2) is 44.3 Å². The van der Waals surface area contributed by atoms with Crippen LogP contribution in [0.1, 0.15) is 68.5 Å². The standard InChI is InChI=1S/C26H28F2N4O4/c1-14(2)36-21-15(23(33)29-17-5-4-8-32(24(17)34)18-9-16(18)27)10-31-11-19(30-22(31)20(21)28)26-7-6-25(3,12-26)35-13-26/h4-5,8,10-11,14,16,18H,6-7,9,12-13H2,1-3H3,(H,29,33)/t16-,18+,25-,26-/m0/s1. The Bertz CT molecular complexity index is 1440. The van der Waals surface area contributed by atoms with Crippen LogP contribution in [-0.2, 0) is 10.2 Å². The van der Waals surface area contributed by atoms with Crippen LogP contribution in [0.25, 0.3) is 5.65 Å². The number of carbonyl (C=O) groups is 1. The van der Waals surface area contributed by atoms with E-state index in [1.165, 1.54) is 27.4 Å². The minimum absolute atomic E-state index is 0.0174. The van der Waals surface area contributed by atoms with Crippen molar-refractivity contribution in [2.75, 3.05) is 11.9 Å². The molecule has 0 spiro atoms. The predicted molar refractivity (Wildman–Crippen MR) is 128 cm³/mol. The van der Waals surface area contributed by atoms with Crippen molar-refractivity contribution in [2.45, 2.75) is 75.8 Å². The fourth-order valence-electron chi connectivity index (χ4n) is 5.58. The van der Waals surface area contributed by atoms with Crippen LogP contribution >= 0.6 is 0 Å². The number of alkyl halides is 1. The molecule has 8 nitrogen and oxygen atoms in total. The molecule has 6 rings (SSSR count). The topological polar surface area (TPSA) is 86.9 Å². The molecular formula is C26H28F2N4O4. The molecule has 2 bridgehead atoms. The quantitative estimate of drug-likeness (QED) is 0.551. The van der Waals surface area contributed by atoms with E-state index >= 15 is 4.39 Å². The number of carbonyl (C=O) groups excluding carboxylic acids is 1. The van der Waals surface area contributed by atoms with Crippen LogP contribution in [0.15, 0.2) is 35.5 Å². The number of pyridine rings is 2. The van der Waals surface area contributed by atoms with Crippen molar-refractivity contribution in [3.8, 4) is 5.75 Å². The zero-order valence-corrected chi connectivity index (χ0v) is 20.4. The zero-order chi connectivity index (χ0) is 25.4. The molecule has 1 amide bonds. The largest absolute Gasteiger partial charge is 0.487 e. The summed E-state index contributed by atoms with van der Waals surface area (Å²) in [6, 6.07) is 2.48. The van der Waals surface area contributed by atoms with E-state index in [0.29, 0.717) is 6.61 Å². The van der Waals surface area contributed by atoms with E-state index in [2.05, 4.69) is 17.2 Å². The molecular weight excluding hydrogens is 470 g/mol. The van der Waals surface area contributed by atoms with Gasteiger partial charge in [0.25, 0.3) is 11.5 Å². The molecule has 0 aromatic carbocycles. The molecule has 0 unspecified atom stereocenters. The molecule has 10 heteroatoms. The van der Waals surface area contributed by atoms with Crippen molar-refractivity contribution in [1.29, 1.82) is 0 Å². The molecule has 2 saturated carbocycles. The second-order valence-electron chi connectivity index (χ2n) is 10.8. The van der Waals surface area contributed by atoms with Crippen LogP contribution in [0.5, 0.6) is 5.75 Å². The van der Waals surface area contributed by atoms with Crippen LogP contribution in [0, 0.1) is 5.82 Å². The number of hydrogen-bond acceptors (Lipinski definition) is 5. The summed E-state index contributed by atoms with van der Waals surface area (Å²) in [5.41, 5.74) is -0.269. The third kappa shape index (κ3) is 3.61. The van der Waals surface area contributed by atoms with E-state index in [1.807, 2.05) is 0 Å². The molecule has 36 heavy (non-hydrogen) atoms. The van der Waals surface area contributed by atoms with Gasteiger partial charge in [0.05, 0.1) is 30.0 Å². The molecule has 4 heterocycles. The van der Waals surface area contributed by atoms with Crippen molar-refractivity contribution in [3.63, 3.8) is 0 Å². The Morgan fingerprint density at radius 1 is 1.33 bits per heavy atom. The molecule has 1 aliphatic heterocycles. The van der Waals surface area contributed by atoms with Crippen LogP contribution in [0.2, 0.25) is 0 Å². The zero-order valence-electron chi connectivity index (χ0n) is 20.4. The molecule has 1 N–H and O–H groups in total. The van der Waals surface area contributed by atoms with Crippen molar-refractivity contribution < 1.29 is 23.0 Å². The van der Waals surface area contributed by atoms with Crippen LogP contribution in [0.4, 0.5) is 14.5 Å². The highest BCUT2D eigenvalue weighted by Gasteiger charge is 2.55. The summed E-state index contributed by atoms with van der Waals surface area (Å²) in [7, 11) is 0. The van der Waals surface area contributed by atoms with Crippen molar-refractivity contribution >= 4 is 17.2 Å². The second-order valence-corrected chi connectivity index (χ2v) is 10.8. The van der Waals surface area contributed by atoms with Gasteiger partial charge >= 0.3 is 0 Å². The van der Waals surface area contributed by atoms with Gasteiger partial charge in [-0.25, -0.2) is 9.37 Å². The lowest BCUT2D eigenvalue weighted by atomic mass is 9.84. The lowest BCUT2D eigenvalue weighted by molar-refractivity contribution is -0.00627. The summed E-state index contributed by atoms with van der Waals surface area (Å²) in [4.78, 5) is 30.7. The fourth-order valence-corrected chi connectivity index (χ4v) is 5.58. The van der Waals surface area contributed by atoms with Gasteiger partial charge in [-0.1, -0.05) is 0 Å². The first-order valence-electron chi connectivity index (χ1n) is 12.3. The molecule has 3 aromatic rings. The van der Waals surface area contributed by atoms with E-state index < -0.39 is 35.6 Å². The van der Waals surface area contributed by atoms with Gasteiger partial charge in [0.1, 0.15) is 17.4 Å². The lowest BCUT2D eigenvalue weighted by Crippen LogP contribution is -2.26. The van der Waals surface area contributed by atoms with E-state index in [4.69, 9.17) is 9.47 Å². The monoisotopic (exact) mass is 498 g/mol. The number of nitrogens with one attached hydrogen (secondary N) is 1. The van der Waals surface area contributed by atoms with Gasteiger partial charge in [0, 0.05) is 30.4 Å². The number of fused-ring (bicyclic) bond motifs is 3. The third-order valence-electron chi connectivity index (χ3n) is 7.58. The Balaban J connectivity index is 1.39. The smallest absolute Gasteiger partial charge is 0.274 e. The molecule has 4 atom stereocenters. The lowest BCUT2D eigenvalue weighted by Gasteiger charge is -2.24. The average Bonchev–Trinajstić information content (AvgIpc) is 3.15. The number of aromatic nitrogens is 3. The van der Waals surface area contributed by atoms with Crippen molar-refractivity contribution in [1.82, 2.24) is 14.0 Å². The number of nitrogens with zero attached hydrogens (tertiary/aromatic N) is 3. The highest BCUT2D eigenvalue weighted by atomic mass is 19.1. The fraction of sp³-hybridized carbons (Fsp3) is 0.500. The summed E-state index contributed by atoms with van der Waals surface area (Å²) >= 11 is 0. The Labute approximate surface area is 206 Å². The van der Waals surface area contributed by atoms with E-state index in [9.17, 15) is 14.0 Å². The van der Waals surface area contributed by atoms with Gasteiger partial charge in [0.2, 0.25) is 5.82 Å². The second kappa shape index (κ2) is 7.86. The Morgan fingerprint density at radius 2 is 2.11 bits per heavy atom. The summed E-state index contributed by atoms with van der Waals surface area (Å²) in [6.45, 7) is 6.08. The van der Waals surface area contributed by atoms with Gasteiger partial charge in [0.15, 0.2) is 11.4 Å². The summed E-state index contributed by atoms with van der Waals surface area (Å²) in [5.74, 6) is -1.69. The summed E-state index contributed by atoms with van der Waals surface area (Å²) in [5, 5.41) is 2.57. The van der Waals surface area contributed by atoms with Gasteiger partial charge < -0.3 is 23.8 Å². The van der Waals surface area contributed by atoms with Gasteiger partial charge in [-0.3, -0.25) is 9.59 Å².